The monoisotopic (exact) mass is 450 g/mol. The molecule has 0 aliphatic carbocycles. The normalized spacial score (nSPS) is 17.4. The molecule has 2 aromatic rings. The maximum atomic E-state index is 13.4. The van der Waals surface area contributed by atoms with Crippen LogP contribution in [0.5, 0.6) is 5.75 Å². The fourth-order valence-corrected chi connectivity index (χ4v) is 5.24. The first-order chi connectivity index (χ1) is 14.5. The Morgan fingerprint density at radius 3 is 2.50 bits per heavy atom. The number of para-hydroxylation sites is 1. The lowest BCUT2D eigenvalue weighted by Gasteiger charge is -2.29. The summed E-state index contributed by atoms with van der Waals surface area (Å²) in [6, 6.07) is 14.9. The molecule has 8 heteroatoms. The summed E-state index contributed by atoms with van der Waals surface area (Å²) in [6.45, 7) is 1.31. The summed E-state index contributed by atoms with van der Waals surface area (Å²) in [6.07, 6.45) is 3.42. The Labute approximate surface area is 183 Å². The van der Waals surface area contributed by atoms with Crippen LogP contribution in [0.4, 0.5) is 0 Å². The molecule has 6 nitrogen and oxygen atoms in total. The Morgan fingerprint density at radius 1 is 1.03 bits per heavy atom. The molecule has 1 aliphatic heterocycles. The van der Waals surface area contributed by atoms with Crippen LogP contribution in [0.15, 0.2) is 59.5 Å². The molecule has 0 bridgehead atoms. The molecule has 1 unspecified atom stereocenters. The zero-order chi connectivity index (χ0) is 21.4. The Bertz CT molecular complexity index is 920. The van der Waals surface area contributed by atoms with Crippen LogP contribution in [-0.4, -0.2) is 44.4 Å². The Hall–Kier alpha value is -2.09. The third-order valence-electron chi connectivity index (χ3n) is 5.06. The molecule has 2 aromatic carbocycles. The molecule has 1 fully saturated rings. The highest BCUT2D eigenvalue weighted by atomic mass is 35.5. The van der Waals surface area contributed by atoms with E-state index in [1.165, 1.54) is 16.4 Å². The van der Waals surface area contributed by atoms with Gasteiger partial charge in [0.1, 0.15) is 11.8 Å². The highest BCUT2D eigenvalue weighted by Gasteiger charge is 2.36. The number of benzene rings is 2. The van der Waals surface area contributed by atoms with E-state index in [0.29, 0.717) is 37.4 Å². The molecule has 30 heavy (non-hydrogen) atoms. The van der Waals surface area contributed by atoms with Gasteiger partial charge in [0.15, 0.2) is 0 Å². The van der Waals surface area contributed by atoms with Gasteiger partial charge in [-0.3, -0.25) is 4.79 Å². The lowest BCUT2D eigenvalue weighted by molar-refractivity contribution is -0.124. The second kappa shape index (κ2) is 10.8. The average molecular weight is 451 g/mol. The van der Waals surface area contributed by atoms with Crippen LogP contribution in [0.3, 0.4) is 0 Å². The molecule has 3 rings (SSSR count). The van der Waals surface area contributed by atoms with Crippen molar-refractivity contribution >= 4 is 27.5 Å². The van der Waals surface area contributed by atoms with E-state index >= 15 is 0 Å². The smallest absolute Gasteiger partial charge is 0.243 e. The van der Waals surface area contributed by atoms with Crippen molar-refractivity contribution < 1.29 is 17.9 Å². The van der Waals surface area contributed by atoms with Crippen molar-refractivity contribution in [1.29, 1.82) is 0 Å². The molecular weight excluding hydrogens is 424 g/mol. The SMILES string of the molecule is O=C1NCCCCC1N(CCCCOc1ccccc1)S(=O)(=O)c1ccc(Cl)cc1. The van der Waals surface area contributed by atoms with Crippen LogP contribution in [0.2, 0.25) is 5.02 Å². The number of nitrogens with zero attached hydrogens (tertiary/aromatic N) is 1. The topological polar surface area (TPSA) is 75.7 Å². The van der Waals surface area contributed by atoms with E-state index in [9.17, 15) is 13.2 Å². The van der Waals surface area contributed by atoms with Crippen LogP contribution in [0.1, 0.15) is 32.1 Å². The van der Waals surface area contributed by atoms with Gasteiger partial charge in [0.2, 0.25) is 15.9 Å². The number of hydrogen-bond acceptors (Lipinski definition) is 4. The maximum Gasteiger partial charge on any atom is 0.243 e. The lowest BCUT2D eigenvalue weighted by Crippen LogP contribution is -2.49. The molecule has 0 aromatic heterocycles. The quantitative estimate of drug-likeness (QED) is 0.588. The predicted molar refractivity (Wildman–Crippen MR) is 117 cm³/mol. The number of amides is 1. The number of sulfonamides is 1. The number of halogens is 1. The Balaban J connectivity index is 1.70. The average Bonchev–Trinajstić information content (AvgIpc) is 2.96. The van der Waals surface area contributed by atoms with Crippen LogP contribution in [0, 0.1) is 0 Å². The van der Waals surface area contributed by atoms with Gasteiger partial charge in [-0.15, -0.1) is 0 Å². The fourth-order valence-electron chi connectivity index (χ4n) is 3.46. The first-order valence-electron chi connectivity index (χ1n) is 10.2. The van der Waals surface area contributed by atoms with E-state index < -0.39 is 16.1 Å². The minimum absolute atomic E-state index is 0.143. The van der Waals surface area contributed by atoms with Crippen LogP contribution >= 0.6 is 11.6 Å². The van der Waals surface area contributed by atoms with Crippen LogP contribution < -0.4 is 10.1 Å². The van der Waals surface area contributed by atoms with Gasteiger partial charge in [-0.05, 0) is 68.5 Å². The summed E-state index contributed by atoms with van der Waals surface area (Å²) in [4.78, 5) is 12.7. The van der Waals surface area contributed by atoms with Gasteiger partial charge in [0.25, 0.3) is 0 Å². The van der Waals surface area contributed by atoms with Crippen molar-refractivity contribution in [3.63, 3.8) is 0 Å². The lowest BCUT2D eigenvalue weighted by atomic mass is 10.1. The molecule has 1 amide bonds. The summed E-state index contributed by atoms with van der Waals surface area (Å²) in [5, 5.41) is 3.30. The van der Waals surface area contributed by atoms with Gasteiger partial charge in [0, 0.05) is 18.1 Å². The summed E-state index contributed by atoms with van der Waals surface area (Å²) in [7, 11) is -3.83. The van der Waals surface area contributed by atoms with Gasteiger partial charge < -0.3 is 10.1 Å². The number of unbranched alkanes of at least 4 members (excludes halogenated alkanes) is 1. The van der Waals surface area contributed by atoms with Crippen molar-refractivity contribution in [2.24, 2.45) is 0 Å². The van der Waals surface area contributed by atoms with E-state index in [0.717, 1.165) is 18.6 Å². The Kier molecular flexibility index (Phi) is 8.13. The van der Waals surface area contributed by atoms with E-state index in [-0.39, 0.29) is 17.3 Å². The summed E-state index contributed by atoms with van der Waals surface area (Å²) in [5.74, 6) is 0.553. The number of nitrogens with one attached hydrogen (secondary N) is 1. The molecule has 1 heterocycles. The first-order valence-corrected chi connectivity index (χ1v) is 12.0. The number of rotatable bonds is 9. The van der Waals surface area contributed by atoms with Gasteiger partial charge in [0.05, 0.1) is 11.5 Å². The zero-order valence-corrected chi connectivity index (χ0v) is 18.4. The van der Waals surface area contributed by atoms with E-state index in [4.69, 9.17) is 16.3 Å². The van der Waals surface area contributed by atoms with Gasteiger partial charge in [-0.2, -0.15) is 4.31 Å². The molecule has 0 radical (unpaired) electrons. The molecule has 162 valence electrons. The summed E-state index contributed by atoms with van der Waals surface area (Å²) in [5.41, 5.74) is 0. The Morgan fingerprint density at radius 2 is 1.77 bits per heavy atom. The highest BCUT2D eigenvalue weighted by molar-refractivity contribution is 7.89. The maximum absolute atomic E-state index is 13.4. The zero-order valence-electron chi connectivity index (χ0n) is 16.8. The largest absolute Gasteiger partial charge is 0.494 e. The van der Waals surface area contributed by atoms with Gasteiger partial charge >= 0.3 is 0 Å². The third kappa shape index (κ3) is 5.97. The van der Waals surface area contributed by atoms with Crippen molar-refractivity contribution in [3.8, 4) is 5.75 Å². The van der Waals surface area contributed by atoms with Crippen molar-refractivity contribution in [2.45, 2.75) is 43.0 Å². The van der Waals surface area contributed by atoms with E-state index in [2.05, 4.69) is 5.32 Å². The van der Waals surface area contributed by atoms with Crippen LogP contribution in [-0.2, 0) is 14.8 Å². The molecule has 0 spiro atoms. The molecule has 1 saturated heterocycles. The molecule has 0 saturated carbocycles. The minimum Gasteiger partial charge on any atom is -0.494 e. The second-order valence-electron chi connectivity index (χ2n) is 7.24. The van der Waals surface area contributed by atoms with Crippen LogP contribution in [0.25, 0.3) is 0 Å². The second-order valence-corrected chi connectivity index (χ2v) is 9.57. The standard InChI is InChI=1S/C22H27ClN2O4S/c23-18-11-13-20(14-12-18)30(27,28)25(21-10-4-5-15-24-22(21)26)16-6-7-17-29-19-8-2-1-3-9-19/h1-3,8-9,11-14,21H,4-7,10,15-17H2,(H,24,26). The number of carbonyl (C=O) groups excluding carboxylic acids is 1. The van der Waals surface area contributed by atoms with E-state index in [1.54, 1.807) is 12.1 Å². The molecule has 1 aliphatic rings. The summed E-state index contributed by atoms with van der Waals surface area (Å²) >= 11 is 5.92. The number of carbonyl (C=O) groups is 1. The summed E-state index contributed by atoms with van der Waals surface area (Å²) < 4.78 is 33.8. The van der Waals surface area contributed by atoms with Crippen molar-refractivity contribution in [3.05, 3.63) is 59.6 Å². The fraction of sp³-hybridized carbons (Fsp3) is 0.409. The number of hydrogen-bond donors (Lipinski definition) is 1. The number of ether oxygens (including phenoxy) is 1. The third-order valence-corrected chi connectivity index (χ3v) is 7.23. The van der Waals surface area contributed by atoms with Crippen molar-refractivity contribution in [2.75, 3.05) is 19.7 Å². The van der Waals surface area contributed by atoms with Gasteiger partial charge in [-0.1, -0.05) is 29.8 Å². The minimum atomic E-state index is -3.83. The van der Waals surface area contributed by atoms with E-state index in [1.807, 2.05) is 30.3 Å². The highest BCUT2D eigenvalue weighted by Crippen LogP contribution is 2.24. The van der Waals surface area contributed by atoms with Crippen molar-refractivity contribution in [1.82, 2.24) is 9.62 Å². The molecule has 1 N–H and O–H groups in total. The first kappa shape index (κ1) is 22.6. The molecular formula is C22H27ClN2O4S. The van der Waals surface area contributed by atoms with Gasteiger partial charge in [-0.25, -0.2) is 8.42 Å². The predicted octanol–water partition coefficient (Wildman–Crippen LogP) is 3.86. The molecule has 1 atom stereocenters.